The van der Waals surface area contributed by atoms with E-state index in [2.05, 4.69) is 4.74 Å². The summed E-state index contributed by atoms with van der Waals surface area (Å²) in [6.45, 7) is 2.76. The lowest BCUT2D eigenvalue weighted by Gasteiger charge is -2.07. The molecule has 1 aromatic carbocycles. The Kier molecular flexibility index (Phi) is 4.20. The second-order valence-electron chi connectivity index (χ2n) is 3.53. The second kappa shape index (κ2) is 5.31. The first-order valence-corrected chi connectivity index (χ1v) is 6.47. The van der Waals surface area contributed by atoms with E-state index in [0.29, 0.717) is 6.07 Å². The first kappa shape index (κ1) is 15.0. The highest BCUT2D eigenvalue weighted by Gasteiger charge is 2.25. The number of carbonyl (C=O) groups excluding carboxylic acids is 1. The van der Waals surface area contributed by atoms with Crippen molar-refractivity contribution in [2.75, 3.05) is 6.61 Å². The van der Waals surface area contributed by atoms with Crippen molar-refractivity contribution < 1.29 is 26.8 Å². The van der Waals surface area contributed by atoms with E-state index in [1.807, 2.05) is 0 Å². The highest BCUT2D eigenvalue weighted by molar-refractivity contribution is 7.86. The Labute approximate surface area is 108 Å². The van der Waals surface area contributed by atoms with Crippen LogP contribution in [0.3, 0.4) is 0 Å². The SMILES string of the molecule is CCOC(=O)c1cc(S(=O)(=O)F)cc([N+](=O)[O-])c1C. The predicted octanol–water partition coefficient (Wildman–Crippen LogP) is 1.74. The van der Waals surface area contributed by atoms with Crippen molar-refractivity contribution >= 4 is 21.9 Å². The number of carbonyl (C=O) groups is 1. The minimum absolute atomic E-state index is 0.00132. The molecule has 0 saturated heterocycles. The fourth-order valence-electron chi connectivity index (χ4n) is 1.42. The number of nitrogens with zero attached hydrogens (tertiary/aromatic N) is 1. The van der Waals surface area contributed by atoms with Gasteiger partial charge in [-0.25, -0.2) is 4.79 Å². The predicted molar refractivity (Wildman–Crippen MR) is 62.1 cm³/mol. The molecule has 1 aromatic rings. The van der Waals surface area contributed by atoms with Crippen molar-refractivity contribution in [3.63, 3.8) is 0 Å². The van der Waals surface area contributed by atoms with Crippen molar-refractivity contribution in [1.29, 1.82) is 0 Å². The van der Waals surface area contributed by atoms with Crippen molar-refractivity contribution in [2.24, 2.45) is 0 Å². The van der Waals surface area contributed by atoms with E-state index < -0.39 is 31.7 Å². The summed E-state index contributed by atoms with van der Waals surface area (Å²) in [5.41, 5.74) is -1.11. The lowest BCUT2D eigenvalue weighted by Crippen LogP contribution is -2.10. The second-order valence-corrected chi connectivity index (χ2v) is 4.88. The van der Waals surface area contributed by atoms with Gasteiger partial charge in [0.25, 0.3) is 5.69 Å². The fourth-order valence-corrected chi connectivity index (χ4v) is 1.94. The monoisotopic (exact) mass is 291 g/mol. The molecule has 0 radical (unpaired) electrons. The summed E-state index contributed by atoms with van der Waals surface area (Å²) >= 11 is 0. The maximum absolute atomic E-state index is 12.9. The van der Waals surface area contributed by atoms with Crippen LogP contribution in [0.1, 0.15) is 22.8 Å². The minimum atomic E-state index is -5.16. The van der Waals surface area contributed by atoms with Gasteiger partial charge in [-0.15, -0.1) is 3.89 Å². The van der Waals surface area contributed by atoms with E-state index in [1.54, 1.807) is 0 Å². The zero-order valence-electron chi connectivity index (χ0n) is 10.0. The third kappa shape index (κ3) is 3.25. The average Bonchev–Trinajstić information content (AvgIpc) is 2.27. The first-order chi connectivity index (χ1) is 8.68. The number of esters is 1. The molecule has 9 heteroatoms. The van der Waals surface area contributed by atoms with Gasteiger partial charge in [0.2, 0.25) is 0 Å². The van der Waals surface area contributed by atoms with Crippen LogP contribution in [-0.4, -0.2) is 25.9 Å². The Morgan fingerprint density at radius 2 is 2.05 bits per heavy atom. The van der Waals surface area contributed by atoms with Gasteiger partial charge >= 0.3 is 16.2 Å². The van der Waals surface area contributed by atoms with Crippen LogP contribution in [0.2, 0.25) is 0 Å². The Hall–Kier alpha value is -2.03. The Morgan fingerprint density at radius 1 is 1.47 bits per heavy atom. The first-order valence-electron chi connectivity index (χ1n) is 5.09. The molecular formula is C10H10FNO6S. The topological polar surface area (TPSA) is 104 Å². The van der Waals surface area contributed by atoms with Gasteiger partial charge in [0.1, 0.15) is 4.90 Å². The maximum atomic E-state index is 12.9. The molecule has 0 aromatic heterocycles. The highest BCUT2D eigenvalue weighted by Crippen LogP contribution is 2.27. The van der Waals surface area contributed by atoms with Gasteiger partial charge in [-0.3, -0.25) is 10.1 Å². The molecule has 0 amide bonds. The number of hydrogen-bond acceptors (Lipinski definition) is 6. The molecule has 0 heterocycles. The molecule has 0 fully saturated rings. The molecular weight excluding hydrogens is 281 g/mol. The van der Waals surface area contributed by atoms with Crippen molar-refractivity contribution in [1.82, 2.24) is 0 Å². The number of nitro benzene ring substituents is 1. The van der Waals surface area contributed by atoms with Crippen LogP contribution in [0.15, 0.2) is 17.0 Å². The van der Waals surface area contributed by atoms with Crippen molar-refractivity contribution in [3.8, 4) is 0 Å². The molecule has 0 aliphatic heterocycles. The largest absolute Gasteiger partial charge is 0.462 e. The Morgan fingerprint density at radius 3 is 2.47 bits per heavy atom. The van der Waals surface area contributed by atoms with Crippen LogP contribution in [0.25, 0.3) is 0 Å². The standard InChI is InChI=1S/C10H10FNO6S/c1-3-18-10(13)8-4-7(19(11,16)17)5-9(6(8)2)12(14)15/h4-5H,3H2,1-2H3. The maximum Gasteiger partial charge on any atom is 0.338 e. The summed E-state index contributed by atoms with van der Waals surface area (Å²) in [6, 6.07) is 1.28. The quantitative estimate of drug-likeness (QED) is 0.362. The molecule has 104 valence electrons. The van der Waals surface area contributed by atoms with E-state index in [-0.39, 0.29) is 17.7 Å². The van der Waals surface area contributed by atoms with E-state index in [0.717, 1.165) is 6.07 Å². The zero-order chi connectivity index (χ0) is 14.8. The lowest BCUT2D eigenvalue weighted by atomic mass is 10.1. The van der Waals surface area contributed by atoms with E-state index in [4.69, 9.17) is 0 Å². The molecule has 0 aliphatic rings. The van der Waals surface area contributed by atoms with Gasteiger partial charge in [0.05, 0.1) is 17.1 Å². The minimum Gasteiger partial charge on any atom is -0.462 e. The normalized spacial score (nSPS) is 11.1. The molecule has 0 atom stereocenters. The number of nitro groups is 1. The highest BCUT2D eigenvalue weighted by atomic mass is 32.3. The van der Waals surface area contributed by atoms with Gasteiger partial charge in [-0.05, 0) is 19.9 Å². The molecule has 19 heavy (non-hydrogen) atoms. The van der Waals surface area contributed by atoms with Crippen molar-refractivity contribution in [3.05, 3.63) is 33.4 Å². The number of benzene rings is 1. The molecule has 0 N–H and O–H groups in total. The van der Waals surface area contributed by atoms with Crippen LogP contribution in [0.5, 0.6) is 0 Å². The number of ether oxygens (including phenoxy) is 1. The third-order valence-electron chi connectivity index (χ3n) is 2.33. The summed E-state index contributed by atoms with van der Waals surface area (Å²) in [5, 5.41) is 10.8. The van der Waals surface area contributed by atoms with Gasteiger partial charge < -0.3 is 4.74 Å². The van der Waals surface area contributed by atoms with E-state index in [9.17, 15) is 27.2 Å². The van der Waals surface area contributed by atoms with Crippen LogP contribution in [-0.2, 0) is 15.0 Å². The van der Waals surface area contributed by atoms with Crippen LogP contribution in [0, 0.1) is 17.0 Å². The summed E-state index contributed by atoms with van der Waals surface area (Å²) in [7, 11) is -5.16. The number of hydrogen-bond donors (Lipinski definition) is 0. The summed E-state index contributed by atoms with van der Waals surface area (Å²) in [5.74, 6) is -0.950. The molecule has 0 spiro atoms. The molecule has 0 saturated carbocycles. The summed E-state index contributed by atoms with van der Waals surface area (Å²) in [6.07, 6.45) is 0. The van der Waals surface area contributed by atoms with Crippen LogP contribution in [0.4, 0.5) is 9.57 Å². The van der Waals surface area contributed by atoms with E-state index >= 15 is 0 Å². The van der Waals surface area contributed by atoms with Gasteiger partial charge in [-0.2, -0.15) is 8.42 Å². The number of rotatable bonds is 4. The third-order valence-corrected chi connectivity index (χ3v) is 3.13. The lowest BCUT2D eigenvalue weighted by molar-refractivity contribution is -0.385. The average molecular weight is 291 g/mol. The van der Waals surface area contributed by atoms with Crippen molar-refractivity contribution in [2.45, 2.75) is 18.7 Å². The number of halogens is 1. The summed E-state index contributed by atoms with van der Waals surface area (Å²) < 4.78 is 39.2. The molecule has 7 nitrogen and oxygen atoms in total. The van der Waals surface area contributed by atoms with E-state index in [1.165, 1.54) is 13.8 Å². The summed E-state index contributed by atoms with van der Waals surface area (Å²) in [4.78, 5) is 20.5. The zero-order valence-corrected chi connectivity index (χ0v) is 10.9. The van der Waals surface area contributed by atoms with Gasteiger partial charge in [0.15, 0.2) is 0 Å². The van der Waals surface area contributed by atoms with Crippen LogP contribution < -0.4 is 0 Å². The van der Waals surface area contributed by atoms with Gasteiger partial charge in [0, 0.05) is 11.6 Å². The van der Waals surface area contributed by atoms with Crippen LogP contribution >= 0.6 is 0 Å². The molecule has 0 bridgehead atoms. The molecule has 1 rings (SSSR count). The molecule has 0 unspecified atom stereocenters. The smallest absolute Gasteiger partial charge is 0.338 e. The Bertz CT molecular complexity index is 640. The fraction of sp³-hybridized carbons (Fsp3) is 0.300. The Balaban J connectivity index is 3.59. The molecule has 0 aliphatic carbocycles. The van der Waals surface area contributed by atoms with Gasteiger partial charge in [-0.1, -0.05) is 0 Å².